The number of furan rings is 1. The molecule has 8 rings (SSSR count). The highest BCUT2D eigenvalue weighted by Gasteiger charge is 2.31. The number of hydrogen-bond donors (Lipinski definition) is 0. The lowest BCUT2D eigenvalue weighted by atomic mass is 9.96. The first-order valence-electron chi connectivity index (χ1n) is 14.9. The van der Waals surface area contributed by atoms with Gasteiger partial charge in [0.2, 0.25) is 5.71 Å². The van der Waals surface area contributed by atoms with Crippen LogP contribution in [-0.2, 0) is 6.18 Å². The number of nitrogens with zero attached hydrogens (tertiary/aromatic N) is 2. The summed E-state index contributed by atoms with van der Waals surface area (Å²) in [5.41, 5.74) is 9.63. The lowest BCUT2D eigenvalue weighted by molar-refractivity contribution is -0.137. The maximum absolute atomic E-state index is 13.3. The van der Waals surface area contributed by atoms with Gasteiger partial charge in [-0.1, -0.05) is 84.9 Å². The topological polar surface area (TPSA) is 38.9 Å². The predicted octanol–water partition coefficient (Wildman–Crippen LogP) is 11.5. The molecule has 0 aliphatic rings. The van der Waals surface area contributed by atoms with Crippen LogP contribution in [0.15, 0.2) is 138 Å². The van der Waals surface area contributed by atoms with Gasteiger partial charge in [0.15, 0.2) is 0 Å². The fourth-order valence-corrected chi connectivity index (χ4v) is 6.13. The number of aromatic nitrogens is 2. The van der Waals surface area contributed by atoms with E-state index < -0.39 is 11.7 Å². The van der Waals surface area contributed by atoms with Crippen LogP contribution in [0.1, 0.15) is 11.1 Å². The Morgan fingerprint density at radius 1 is 0.565 bits per heavy atom. The molecule has 0 atom stereocenters. The van der Waals surface area contributed by atoms with Gasteiger partial charge in [-0.3, -0.25) is 4.98 Å². The van der Waals surface area contributed by atoms with Crippen molar-refractivity contribution in [3.8, 4) is 44.5 Å². The first-order valence-corrected chi connectivity index (χ1v) is 14.9. The predicted molar refractivity (Wildman–Crippen MR) is 178 cm³/mol. The minimum absolute atomic E-state index is 0.545. The van der Waals surface area contributed by atoms with Crippen molar-refractivity contribution in [1.29, 1.82) is 0 Å². The van der Waals surface area contributed by atoms with Crippen LogP contribution in [0.25, 0.3) is 77.5 Å². The highest BCUT2D eigenvalue weighted by Crippen LogP contribution is 2.37. The Kier molecular flexibility index (Phi) is 6.46. The van der Waals surface area contributed by atoms with Crippen molar-refractivity contribution in [2.75, 3.05) is 0 Å². The number of aryl methyl sites for hydroxylation is 1. The Hall–Kier alpha value is -5.75. The van der Waals surface area contributed by atoms with Gasteiger partial charge in [-0.25, -0.2) is 4.98 Å². The Morgan fingerprint density at radius 3 is 2.00 bits per heavy atom. The second kappa shape index (κ2) is 10.7. The van der Waals surface area contributed by atoms with Crippen LogP contribution in [0, 0.1) is 6.92 Å². The van der Waals surface area contributed by atoms with Gasteiger partial charge in [-0.2, -0.15) is 13.2 Å². The second-order valence-electron chi connectivity index (χ2n) is 11.5. The van der Waals surface area contributed by atoms with Crippen LogP contribution in [-0.4, -0.2) is 9.97 Å². The normalized spacial score (nSPS) is 11.9. The zero-order chi connectivity index (χ0) is 31.4. The van der Waals surface area contributed by atoms with E-state index >= 15 is 0 Å². The van der Waals surface area contributed by atoms with Gasteiger partial charge in [0.05, 0.1) is 11.1 Å². The molecule has 46 heavy (non-hydrogen) atoms. The fraction of sp³-hybridized carbons (Fsp3) is 0.0500. The van der Waals surface area contributed by atoms with Crippen molar-refractivity contribution in [2.24, 2.45) is 0 Å². The molecule has 3 heterocycles. The van der Waals surface area contributed by atoms with E-state index in [-0.39, 0.29) is 0 Å². The molecule has 0 saturated heterocycles. The summed E-state index contributed by atoms with van der Waals surface area (Å²) in [5.74, 6) is 0. The molecule has 0 amide bonds. The molecule has 0 saturated carbocycles. The molecule has 0 radical (unpaired) electrons. The standard InChI is InChI=1S/C40H25F3N2O/c1-24-18-31(21-33(19-24)40(41,42)43)26-9-7-25(8-10-26)29-15-16-30-20-32(23-45-37(30)22-29)27-11-13-28(14-12-27)34-4-2-5-35-36-6-3-17-44-39(36)46-38(34)35/h2-23H,1H3. The van der Waals surface area contributed by atoms with Crippen LogP contribution < -0.4 is 0 Å². The van der Waals surface area contributed by atoms with Crippen LogP contribution in [0.5, 0.6) is 0 Å². The average molecular weight is 607 g/mol. The number of fused-ring (bicyclic) bond motifs is 4. The van der Waals surface area contributed by atoms with Gasteiger partial charge in [0.1, 0.15) is 5.58 Å². The molecule has 0 spiro atoms. The third-order valence-electron chi connectivity index (χ3n) is 8.44. The molecule has 0 aliphatic heterocycles. The Balaban J connectivity index is 1.06. The van der Waals surface area contributed by atoms with Gasteiger partial charge in [0.25, 0.3) is 0 Å². The molecule has 6 heteroatoms. The number of para-hydroxylation sites is 1. The summed E-state index contributed by atoms with van der Waals surface area (Å²) in [5, 5.41) is 3.06. The summed E-state index contributed by atoms with van der Waals surface area (Å²) in [7, 11) is 0. The monoisotopic (exact) mass is 606 g/mol. The molecular weight excluding hydrogens is 581 g/mol. The maximum atomic E-state index is 13.3. The largest absolute Gasteiger partial charge is 0.437 e. The minimum Gasteiger partial charge on any atom is -0.437 e. The van der Waals surface area contributed by atoms with Crippen LogP contribution in [0.2, 0.25) is 0 Å². The molecule has 3 nitrogen and oxygen atoms in total. The zero-order valence-corrected chi connectivity index (χ0v) is 24.6. The summed E-state index contributed by atoms with van der Waals surface area (Å²) in [6.45, 7) is 1.68. The highest BCUT2D eigenvalue weighted by molar-refractivity contribution is 6.08. The molecule has 0 unspecified atom stereocenters. The van der Waals surface area contributed by atoms with E-state index in [1.807, 2.05) is 60.8 Å². The Bertz CT molecular complexity index is 2410. The molecular formula is C40H25F3N2O. The van der Waals surface area contributed by atoms with E-state index in [0.717, 1.165) is 66.2 Å². The first kappa shape index (κ1) is 27.8. The third-order valence-corrected chi connectivity index (χ3v) is 8.44. The number of rotatable bonds is 4. The van der Waals surface area contributed by atoms with Crippen LogP contribution >= 0.6 is 0 Å². The van der Waals surface area contributed by atoms with E-state index in [4.69, 9.17) is 9.40 Å². The van der Waals surface area contributed by atoms with E-state index in [0.29, 0.717) is 16.8 Å². The minimum atomic E-state index is -4.38. The molecule has 0 N–H and O–H groups in total. The van der Waals surface area contributed by atoms with E-state index in [1.54, 1.807) is 19.2 Å². The van der Waals surface area contributed by atoms with Crippen molar-refractivity contribution in [3.63, 3.8) is 0 Å². The maximum Gasteiger partial charge on any atom is 0.416 e. The average Bonchev–Trinajstić information content (AvgIpc) is 3.46. The lowest BCUT2D eigenvalue weighted by Gasteiger charge is -2.12. The summed E-state index contributed by atoms with van der Waals surface area (Å²) in [4.78, 5) is 9.14. The fourth-order valence-electron chi connectivity index (χ4n) is 6.13. The van der Waals surface area contributed by atoms with Gasteiger partial charge < -0.3 is 4.42 Å². The molecule has 8 aromatic rings. The van der Waals surface area contributed by atoms with Gasteiger partial charge in [-0.05, 0) is 82.3 Å². The van der Waals surface area contributed by atoms with E-state index in [2.05, 4.69) is 53.5 Å². The summed E-state index contributed by atoms with van der Waals surface area (Å²) in [6, 6.07) is 38.5. The molecule has 3 aromatic heterocycles. The Labute approximate surface area is 262 Å². The summed E-state index contributed by atoms with van der Waals surface area (Å²) < 4.78 is 46.2. The van der Waals surface area contributed by atoms with Crippen molar-refractivity contribution in [1.82, 2.24) is 9.97 Å². The SMILES string of the molecule is Cc1cc(-c2ccc(-c3ccc4cc(-c5ccc(-c6cccc7c6oc6ncccc67)cc5)cnc4c3)cc2)cc(C(F)(F)F)c1. The smallest absolute Gasteiger partial charge is 0.416 e. The molecule has 0 bridgehead atoms. The zero-order valence-electron chi connectivity index (χ0n) is 24.6. The summed E-state index contributed by atoms with van der Waals surface area (Å²) >= 11 is 0. The first-order chi connectivity index (χ1) is 22.3. The van der Waals surface area contributed by atoms with Gasteiger partial charge in [-0.15, -0.1) is 0 Å². The van der Waals surface area contributed by atoms with E-state index in [1.165, 1.54) is 12.1 Å². The lowest BCUT2D eigenvalue weighted by Crippen LogP contribution is -2.05. The quantitative estimate of drug-likeness (QED) is 0.200. The highest BCUT2D eigenvalue weighted by atomic mass is 19.4. The van der Waals surface area contributed by atoms with Crippen molar-refractivity contribution in [3.05, 3.63) is 145 Å². The third kappa shape index (κ3) is 4.98. The number of pyridine rings is 2. The number of halogens is 3. The van der Waals surface area contributed by atoms with Crippen molar-refractivity contribution < 1.29 is 17.6 Å². The number of alkyl halides is 3. The number of hydrogen-bond acceptors (Lipinski definition) is 3. The molecule has 0 fully saturated rings. The van der Waals surface area contributed by atoms with Crippen molar-refractivity contribution in [2.45, 2.75) is 13.1 Å². The number of benzene rings is 5. The van der Waals surface area contributed by atoms with Crippen LogP contribution in [0.4, 0.5) is 13.2 Å². The summed E-state index contributed by atoms with van der Waals surface area (Å²) in [6.07, 6.45) is -0.764. The second-order valence-corrected chi connectivity index (χ2v) is 11.5. The molecule has 0 aliphatic carbocycles. The Morgan fingerprint density at radius 2 is 1.24 bits per heavy atom. The van der Waals surface area contributed by atoms with Gasteiger partial charge in [0, 0.05) is 39.7 Å². The van der Waals surface area contributed by atoms with Crippen molar-refractivity contribution >= 4 is 33.0 Å². The van der Waals surface area contributed by atoms with E-state index in [9.17, 15) is 13.2 Å². The molecule has 5 aromatic carbocycles. The van der Waals surface area contributed by atoms with Crippen LogP contribution in [0.3, 0.4) is 0 Å². The van der Waals surface area contributed by atoms with Gasteiger partial charge >= 0.3 is 6.18 Å². The molecule has 222 valence electrons.